The second-order valence-electron chi connectivity index (χ2n) is 5.06. The molecule has 0 radical (unpaired) electrons. The predicted molar refractivity (Wildman–Crippen MR) is 81.2 cm³/mol. The molecule has 0 aliphatic carbocycles. The quantitative estimate of drug-likeness (QED) is 0.719. The van der Waals surface area contributed by atoms with Gasteiger partial charge in [0.05, 0.1) is 11.9 Å². The summed E-state index contributed by atoms with van der Waals surface area (Å²) in [6.45, 7) is 2.45. The van der Waals surface area contributed by atoms with Gasteiger partial charge in [0.25, 0.3) is 11.8 Å². The minimum absolute atomic E-state index is 0.00871. The van der Waals surface area contributed by atoms with E-state index in [0.717, 1.165) is 11.4 Å². The van der Waals surface area contributed by atoms with Crippen molar-refractivity contribution < 1.29 is 18.7 Å². The molecule has 2 aromatic heterocycles. The van der Waals surface area contributed by atoms with E-state index in [9.17, 15) is 18.7 Å². The van der Waals surface area contributed by atoms with Crippen molar-refractivity contribution in [3.63, 3.8) is 0 Å². The molecule has 0 bridgehead atoms. The Hall–Kier alpha value is -2.55. The molecule has 6 nitrogen and oxygen atoms in total. The fourth-order valence-corrected chi connectivity index (χ4v) is 2.82. The van der Waals surface area contributed by atoms with Crippen molar-refractivity contribution in [1.29, 1.82) is 0 Å². The molecule has 0 spiro atoms. The van der Waals surface area contributed by atoms with E-state index in [-0.39, 0.29) is 22.1 Å². The topological polar surface area (TPSA) is 79.5 Å². The van der Waals surface area contributed by atoms with Crippen molar-refractivity contribution in [3.8, 4) is 5.75 Å². The van der Waals surface area contributed by atoms with E-state index in [1.165, 1.54) is 12.3 Å². The number of aryl methyl sites for hydroxylation is 1. The smallest absolute Gasteiger partial charge is 0.298 e. The number of para-hydroxylation sites is 1. The van der Waals surface area contributed by atoms with Gasteiger partial charge in [-0.3, -0.25) is 4.79 Å². The van der Waals surface area contributed by atoms with Gasteiger partial charge >= 0.3 is 0 Å². The molecule has 3 rings (SSSR count). The predicted octanol–water partition coefficient (Wildman–Crippen LogP) is 3.17. The highest BCUT2D eigenvalue weighted by atomic mass is 32.1. The summed E-state index contributed by atoms with van der Waals surface area (Å²) in [4.78, 5) is 16.5. The number of halogens is 2. The zero-order valence-electron chi connectivity index (χ0n) is 12.2. The first-order valence-electron chi connectivity index (χ1n) is 6.60. The maximum Gasteiger partial charge on any atom is 0.298 e. The lowest BCUT2D eigenvalue weighted by Gasteiger charge is -2.09. The summed E-state index contributed by atoms with van der Waals surface area (Å²) < 4.78 is 27.7. The van der Waals surface area contributed by atoms with Crippen LogP contribution in [0.5, 0.6) is 5.75 Å². The molecule has 1 aromatic carbocycles. The van der Waals surface area contributed by atoms with Crippen molar-refractivity contribution in [2.45, 2.75) is 19.8 Å². The molecular weight excluding hydrogens is 326 g/mol. The first-order chi connectivity index (χ1) is 10.8. The minimum atomic E-state index is -3.10. The highest BCUT2D eigenvalue weighted by Crippen LogP contribution is 2.31. The van der Waals surface area contributed by atoms with Crippen molar-refractivity contribution >= 4 is 27.9 Å². The Labute approximate surface area is 133 Å². The summed E-state index contributed by atoms with van der Waals surface area (Å²) in [5.41, 5.74) is 0.927. The van der Waals surface area contributed by atoms with E-state index in [1.807, 2.05) is 0 Å². The number of hydrogen-bond donors (Lipinski definition) is 2. The number of aromatic hydroxyl groups is 1. The number of aromatic nitrogens is 3. The molecule has 120 valence electrons. The highest BCUT2D eigenvalue weighted by molar-refractivity contribution is 7.16. The van der Waals surface area contributed by atoms with E-state index < -0.39 is 16.8 Å². The Morgan fingerprint density at radius 3 is 2.83 bits per heavy atom. The molecule has 0 aliphatic rings. The number of amides is 1. The van der Waals surface area contributed by atoms with Gasteiger partial charge in [0, 0.05) is 6.92 Å². The standard InChI is InChI=1S/C14H12F2N4O2S/c1-7-4-3-5-9(21)10(7)18-11(22)8-6-17-13-20(8)19-12(23-13)14(2,15)16/h3-6,21H,1-2H3,(H,18,22). The summed E-state index contributed by atoms with van der Waals surface area (Å²) in [5.74, 6) is -3.79. The Morgan fingerprint density at radius 2 is 2.17 bits per heavy atom. The third-order valence-electron chi connectivity index (χ3n) is 3.18. The number of phenols is 1. The van der Waals surface area contributed by atoms with Gasteiger partial charge in [0.2, 0.25) is 4.96 Å². The van der Waals surface area contributed by atoms with Gasteiger partial charge in [-0.2, -0.15) is 18.4 Å². The maximum absolute atomic E-state index is 13.3. The van der Waals surface area contributed by atoms with Crippen LogP contribution in [-0.2, 0) is 5.92 Å². The van der Waals surface area contributed by atoms with E-state index in [4.69, 9.17) is 0 Å². The molecule has 23 heavy (non-hydrogen) atoms. The highest BCUT2D eigenvalue weighted by Gasteiger charge is 2.31. The number of anilines is 1. The molecule has 0 saturated heterocycles. The second-order valence-corrected chi connectivity index (χ2v) is 6.01. The monoisotopic (exact) mass is 338 g/mol. The third-order valence-corrected chi connectivity index (χ3v) is 4.28. The van der Waals surface area contributed by atoms with Gasteiger partial charge in [-0.25, -0.2) is 4.98 Å². The molecule has 0 atom stereocenters. The van der Waals surface area contributed by atoms with Crippen molar-refractivity contribution in [2.75, 3.05) is 5.32 Å². The van der Waals surface area contributed by atoms with Crippen LogP contribution in [0.2, 0.25) is 0 Å². The molecule has 3 aromatic rings. The Balaban J connectivity index is 1.97. The summed E-state index contributed by atoms with van der Waals surface area (Å²) in [7, 11) is 0. The number of hydrogen-bond acceptors (Lipinski definition) is 5. The number of alkyl halides is 2. The Bertz CT molecular complexity index is 878. The zero-order chi connectivity index (χ0) is 16.8. The zero-order valence-corrected chi connectivity index (χ0v) is 13.0. The van der Waals surface area contributed by atoms with Crippen molar-refractivity contribution in [2.24, 2.45) is 0 Å². The van der Waals surface area contributed by atoms with Gasteiger partial charge in [-0.15, -0.1) is 0 Å². The Morgan fingerprint density at radius 1 is 1.43 bits per heavy atom. The first-order valence-corrected chi connectivity index (χ1v) is 7.42. The van der Waals surface area contributed by atoms with Crippen LogP contribution in [-0.4, -0.2) is 25.6 Å². The number of fused-ring (bicyclic) bond motifs is 1. The number of nitrogens with zero attached hydrogens (tertiary/aromatic N) is 3. The minimum Gasteiger partial charge on any atom is -0.506 e. The summed E-state index contributed by atoms with van der Waals surface area (Å²) in [6.07, 6.45) is 1.25. The molecule has 2 N–H and O–H groups in total. The van der Waals surface area contributed by atoms with Crippen LogP contribution in [0.1, 0.15) is 28.0 Å². The van der Waals surface area contributed by atoms with Gasteiger partial charge in [-0.05, 0) is 18.6 Å². The summed E-state index contributed by atoms with van der Waals surface area (Å²) >= 11 is 0.716. The summed E-state index contributed by atoms with van der Waals surface area (Å²) in [6, 6.07) is 4.81. The average molecular weight is 338 g/mol. The molecule has 2 heterocycles. The van der Waals surface area contributed by atoms with Crippen LogP contribution < -0.4 is 5.32 Å². The normalized spacial score (nSPS) is 11.8. The van der Waals surface area contributed by atoms with Crippen molar-refractivity contribution in [3.05, 3.63) is 40.7 Å². The molecule has 0 unspecified atom stereocenters. The van der Waals surface area contributed by atoms with E-state index in [1.54, 1.807) is 19.1 Å². The number of benzene rings is 1. The van der Waals surface area contributed by atoms with Crippen LogP contribution >= 0.6 is 11.3 Å². The SMILES string of the molecule is Cc1cccc(O)c1NC(=O)c1cnc2sc(C(C)(F)F)nn12. The molecule has 9 heteroatoms. The van der Waals surface area contributed by atoms with E-state index >= 15 is 0 Å². The number of phenolic OH excluding ortho intramolecular Hbond substituents is 1. The number of carbonyl (C=O) groups is 1. The number of rotatable bonds is 3. The van der Waals surface area contributed by atoms with Crippen molar-refractivity contribution in [1.82, 2.24) is 14.6 Å². The van der Waals surface area contributed by atoms with Crippen LogP contribution in [0, 0.1) is 6.92 Å². The van der Waals surface area contributed by atoms with Crippen LogP contribution in [0.15, 0.2) is 24.4 Å². The maximum atomic E-state index is 13.3. The average Bonchev–Trinajstić information content (AvgIpc) is 3.02. The van der Waals surface area contributed by atoms with Gasteiger partial charge in [0.15, 0.2) is 10.7 Å². The molecule has 0 aliphatic heterocycles. The van der Waals surface area contributed by atoms with Gasteiger partial charge in [-0.1, -0.05) is 23.5 Å². The van der Waals surface area contributed by atoms with Gasteiger partial charge in [0.1, 0.15) is 5.75 Å². The largest absolute Gasteiger partial charge is 0.506 e. The molecule has 0 saturated carbocycles. The first kappa shape index (κ1) is 15.3. The fraction of sp³-hybridized carbons (Fsp3) is 0.214. The molecular formula is C14H12F2N4O2S. The lowest BCUT2D eigenvalue weighted by molar-refractivity contribution is 0.0162. The van der Waals surface area contributed by atoms with E-state index in [0.29, 0.717) is 16.9 Å². The summed E-state index contributed by atoms with van der Waals surface area (Å²) in [5, 5.41) is 15.7. The van der Waals surface area contributed by atoms with Crippen LogP contribution in [0.25, 0.3) is 4.96 Å². The number of nitrogens with one attached hydrogen (secondary N) is 1. The number of imidazole rings is 1. The lowest BCUT2D eigenvalue weighted by Crippen LogP contribution is -2.16. The second kappa shape index (κ2) is 5.27. The molecule has 1 amide bonds. The van der Waals surface area contributed by atoms with Crippen LogP contribution in [0.3, 0.4) is 0 Å². The van der Waals surface area contributed by atoms with E-state index in [2.05, 4.69) is 15.4 Å². The van der Waals surface area contributed by atoms with Gasteiger partial charge < -0.3 is 10.4 Å². The lowest BCUT2D eigenvalue weighted by atomic mass is 10.2. The van der Waals surface area contributed by atoms with Crippen LogP contribution in [0.4, 0.5) is 14.5 Å². The third kappa shape index (κ3) is 2.74. The number of carbonyl (C=O) groups excluding carboxylic acids is 1. The molecule has 0 fully saturated rings. The Kier molecular flexibility index (Phi) is 3.52. The fourth-order valence-electron chi connectivity index (χ4n) is 2.02.